The number of benzene rings is 1. The quantitative estimate of drug-likeness (QED) is 0.861. The van der Waals surface area contributed by atoms with Crippen LogP contribution in [-0.4, -0.2) is 22.1 Å². The van der Waals surface area contributed by atoms with Gasteiger partial charge in [0.2, 0.25) is 0 Å². The molecule has 0 aliphatic carbocycles. The van der Waals surface area contributed by atoms with Crippen molar-refractivity contribution >= 4 is 0 Å². The minimum Gasteiger partial charge on any atom is -0.363 e. The molecular weight excluding hydrogens is 252 g/mol. The van der Waals surface area contributed by atoms with E-state index in [0.29, 0.717) is 13.0 Å². The van der Waals surface area contributed by atoms with Crippen LogP contribution in [0.1, 0.15) is 50.7 Å². The van der Waals surface area contributed by atoms with Crippen molar-refractivity contribution in [2.24, 2.45) is 0 Å². The first-order valence-electron chi connectivity index (χ1n) is 7.47. The molecule has 110 valence electrons. The Morgan fingerprint density at radius 3 is 2.70 bits per heavy atom. The molecule has 2 saturated heterocycles. The van der Waals surface area contributed by atoms with Crippen LogP contribution in [0.4, 0.5) is 0 Å². The molecule has 20 heavy (non-hydrogen) atoms. The lowest BCUT2D eigenvalue weighted by Gasteiger charge is -2.40. The summed E-state index contributed by atoms with van der Waals surface area (Å²) in [5.74, 6) is -1.18. The molecule has 2 fully saturated rings. The molecule has 2 aliphatic heterocycles. The van der Waals surface area contributed by atoms with Crippen LogP contribution in [0.2, 0.25) is 0 Å². The van der Waals surface area contributed by atoms with Gasteiger partial charge >= 0.3 is 0 Å². The predicted molar refractivity (Wildman–Crippen MR) is 77.3 cm³/mol. The highest BCUT2D eigenvalue weighted by Crippen LogP contribution is 2.54. The van der Waals surface area contributed by atoms with Gasteiger partial charge in [0.25, 0.3) is 0 Å². The van der Waals surface area contributed by atoms with Crippen molar-refractivity contribution in [2.75, 3.05) is 0 Å². The SMILES string of the molecule is Cc1ccccc1COC1(O)CC2(C)CCCC1(C)O2. The third-order valence-electron chi connectivity index (χ3n) is 5.00. The first-order valence-corrected chi connectivity index (χ1v) is 7.47. The number of fused-ring (bicyclic) bond motifs is 2. The van der Waals surface area contributed by atoms with Gasteiger partial charge in [-0.05, 0) is 51.2 Å². The van der Waals surface area contributed by atoms with Gasteiger partial charge in [0.1, 0.15) is 5.60 Å². The maximum atomic E-state index is 11.0. The summed E-state index contributed by atoms with van der Waals surface area (Å²) < 4.78 is 12.1. The van der Waals surface area contributed by atoms with E-state index in [1.54, 1.807) is 0 Å². The van der Waals surface area contributed by atoms with E-state index in [1.165, 1.54) is 5.56 Å². The summed E-state index contributed by atoms with van der Waals surface area (Å²) >= 11 is 0. The molecule has 1 N–H and O–H groups in total. The minimum atomic E-state index is -1.18. The predicted octanol–water partition coefficient (Wildman–Crippen LogP) is 3.32. The van der Waals surface area contributed by atoms with Gasteiger partial charge < -0.3 is 14.6 Å². The summed E-state index contributed by atoms with van der Waals surface area (Å²) in [7, 11) is 0. The summed E-state index contributed by atoms with van der Waals surface area (Å²) in [4.78, 5) is 0. The van der Waals surface area contributed by atoms with E-state index in [1.807, 2.05) is 25.1 Å². The summed E-state index contributed by atoms with van der Waals surface area (Å²) in [6.07, 6.45) is 3.50. The smallest absolute Gasteiger partial charge is 0.197 e. The van der Waals surface area contributed by atoms with E-state index in [4.69, 9.17) is 9.47 Å². The van der Waals surface area contributed by atoms with Gasteiger partial charge in [0.05, 0.1) is 12.2 Å². The first-order chi connectivity index (χ1) is 9.36. The van der Waals surface area contributed by atoms with Crippen LogP contribution >= 0.6 is 0 Å². The Labute approximate surface area is 120 Å². The maximum absolute atomic E-state index is 11.0. The van der Waals surface area contributed by atoms with E-state index in [2.05, 4.69) is 19.9 Å². The van der Waals surface area contributed by atoms with Crippen molar-refractivity contribution in [1.29, 1.82) is 0 Å². The van der Waals surface area contributed by atoms with Crippen molar-refractivity contribution in [1.82, 2.24) is 0 Å². The molecule has 3 nitrogen and oxygen atoms in total. The summed E-state index contributed by atoms with van der Waals surface area (Å²) in [5, 5.41) is 11.0. The van der Waals surface area contributed by atoms with Crippen LogP contribution in [0.3, 0.4) is 0 Å². The third kappa shape index (κ3) is 2.18. The lowest BCUT2D eigenvalue weighted by molar-refractivity contribution is -0.280. The summed E-state index contributed by atoms with van der Waals surface area (Å²) in [5.41, 5.74) is 1.49. The Morgan fingerprint density at radius 1 is 1.25 bits per heavy atom. The van der Waals surface area contributed by atoms with Crippen LogP contribution in [-0.2, 0) is 16.1 Å². The maximum Gasteiger partial charge on any atom is 0.197 e. The fourth-order valence-electron chi connectivity index (χ4n) is 3.71. The van der Waals surface area contributed by atoms with Crippen molar-refractivity contribution in [3.63, 3.8) is 0 Å². The Hall–Kier alpha value is -0.900. The first kappa shape index (κ1) is 14.1. The molecule has 0 spiro atoms. The Morgan fingerprint density at radius 2 is 2.00 bits per heavy atom. The van der Waals surface area contributed by atoms with Crippen molar-refractivity contribution < 1.29 is 14.6 Å². The molecule has 3 unspecified atom stereocenters. The monoisotopic (exact) mass is 276 g/mol. The molecular formula is C17H24O3. The van der Waals surface area contributed by atoms with Crippen LogP contribution < -0.4 is 0 Å². The zero-order valence-electron chi connectivity index (χ0n) is 12.6. The average molecular weight is 276 g/mol. The van der Waals surface area contributed by atoms with E-state index in [0.717, 1.165) is 24.8 Å². The van der Waals surface area contributed by atoms with Crippen LogP contribution in [0.25, 0.3) is 0 Å². The lowest BCUT2D eigenvalue weighted by atomic mass is 9.91. The molecule has 2 bridgehead atoms. The molecule has 2 heterocycles. The fraction of sp³-hybridized carbons (Fsp3) is 0.647. The van der Waals surface area contributed by atoms with Gasteiger partial charge in [0.15, 0.2) is 5.79 Å². The van der Waals surface area contributed by atoms with Crippen molar-refractivity contribution in [3.8, 4) is 0 Å². The van der Waals surface area contributed by atoms with Gasteiger partial charge in [-0.1, -0.05) is 24.3 Å². The zero-order valence-corrected chi connectivity index (χ0v) is 12.6. The summed E-state index contributed by atoms with van der Waals surface area (Å²) in [6, 6.07) is 8.13. The van der Waals surface area contributed by atoms with Crippen LogP contribution in [0, 0.1) is 6.92 Å². The van der Waals surface area contributed by atoms with Crippen molar-refractivity contribution in [3.05, 3.63) is 35.4 Å². The van der Waals surface area contributed by atoms with E-state index in [-0.39, 0.29) is 5.60 Å². The standard InChI is InChI=1S/C17H24O3/c1-13-7-4-5-8-14(13)11-19-17(18)12-15(2)9-6-10-16(17,3)20-15/h4-5,7-8,18H,6,9-12H2,1-3H3. The normalized spacial score (nSPS) is 40.0. The largest absolute Gasteiger partial charge is 0.363 e. The molecule has 1 aromatic carbocycles. The van der Waals surface area contributed by atoms with E-state index < -0.39 is 11.4 Å². The number of rotatable bonds is 3. The Bertz CT molecular complexity index is 515. The highest BCUT2D eigenvalue weighted by Gasteiger charge is 2.63. The summed E-state index contributed by atoms with van der Waals surface area (Å²) in [6.45, 7) is 6.56. The van der Waals surface area contributed by atoms with Gasteiger partial charge in [-0.3, -0.25) is 0 Å². The van der Waals surface area contributed by atoms with Gasteiger partial charge in [-0.2, -0.15) is 0 Å². The highest BCUT2D eigenvalue weighted by molar-refractivity contribution is 5.25. The number of hydrogen-bond acceptors (Lipinski definition) is 3. The van der Waals surface area contributed by atoms with Gasteiger partial charge in [-0.25, -0.2) is 0 Å². The molecule has 0 aromatic heterocycles. The van der Waals surface area contributed by atoms with E-state index in [9.17, 15) is 5.11 Å². The van der Waals surface area contributed by atoms with Crippen molar-refractivity contribution in [2.45, 2.75) is 70.1 Å². The topological polar surface area (TPSA) is 38.7 Å². The lowest BCUT2D eigenvalue weighted by Crippen LogP contribution is -2.51. The molecule has 0 saturated carbocycles. The van der Waals surface area contributed by atoms with Gasteiger partial charge in [0, 0.05) is 6.42 Å². The van der Waals surface area contributed by atoms with Crippen LogP contribution in [0.15, 0.2) is 24.3 Å². The third-order valence-corrected chi connectivity index (χ3v) is 5.00. The Kier molecular flexibility index (Phi) is 3.20. The molecule has 3 atom stereocenters. The average Bonchev–Trinajstić information content (AvgIpc) is 2.50. The number of aliphatic hydroxyl groups is 1. The number of hydrogen-bond donors (Lipinski definition) is 1. The second-order valence-electron chi connectivity index (χ2n) is 6.81. The number of aryl methyl sites for hydroxylation is 1. The van der Waals surface area contributed by atoms with Gasteiger partial charge in [-0.15, -0.1) is 0 Å². The zero-order chi connectivity index (χ0) is 14.4. The number of ether oxygens (including phenoxy) is 2. The molecule has 2 aliphatic rings. The molecule has 0 amide bonds. The fourth-order valence-corrected chi connectivity index (χ4v) is 3.71. The Balaban J connectivity index is 1.78. The second kappa shape index (κ2) is 4.55. The van der Waals surface area contributed by atoms with E-state index >= 15 is 0 Å². The second-order valence-corrected chi connectivity index (χ2v) is 6.81. The molecule has 3 heteroatoms. The van der Waals surface area contributed by atoms with Crippen LogP contribution in [0.5, 0.6) is 0 Å². The molecule has 1 aromatic rings. The highest BCUT2D eigenvalue weighted by atomic mass is 16.7. The minimum absolute atomic E-state index is 0.243. The molecule has 3 rings (SSSR count). The molecule has 0 radical (unpaired) electrons.